The fourth-order valence-electron chi connectivity index (χ4n) is 2.32. The molecule has 0 aromatic heterocycles. The SMILES string of the molecule is OCCN(CCO)CCCN1CCCCC1. The molecular formula is C12H26N2O2. The third-order valence-corrected chi connectivity index (χ3v) is 3.23. The first-order chi connectivity index (χ1) is 7.86. The van der Waals surface area contributed by atoms with Crippen LogP contribution in [0.25, 0.3) is 0 Å². The largest absolute Gasteiger partial charge is 0.395 e. The predicted molar refractivity (Wildman–Crippen MR) is 65.5 cm³/mol. The van der Waals surface area contributed by atoms with Crippen LogP contribution in [0.1, 0.15) is 25.7 Å². The third kappa shape index (κ3) is 5.80. The molecule has 16 heavy (non-hydrogen) atoms. The predicted octanol–water partition coefficient (Wildman–Crippen LogP) is 0.149. The zero-order valence-electron chi connectivity index (χ0n) is 10.3. The average molecular weight is 230 g/mol. The monoisotopic (exact) mass is 230 g/mol. The topological polar surface area (TPSA) is 46.9 Å². The van der Waals surface area contributed by atoms with Gasteiger partial charge in [-0.15, -0.1) is 0 Å². The van der Waals surface area contributed by atoms with E-state index in [1.165, 1.54) is 32.4 Å². The summed E-state index contributed by atoms with van der Waals surface area (Å²) < 4.78 is 0. The second kappa shape index (κ2) is 8.93. The lowest BCUT2D eigenvalue weighted by atomic mass is 10.1. The number of piperidine rings is 1. The van der Waals surface area contributed by atoms with E-state index in [9.17, 15) is 0 Å². The molecule has 0 amide bonds. The highest BCUT2D eigenvalue weighted by molar-refractivity contribution is 4.66. The van der Waals surface area contributed by atoms with Gasteiger partial charge in [0.05, 0.1) is 13.2 Å². The molecule has 4 heteroatoms. The minimum Gasteiger partial charge on any atom is -0.395 e. The van der Waals surface area contributed by atoms with Gasteiger partial charge in [0, 0.05) is 13.1 Å². The summed E-state index contributed by atoms with van der Waals surface area (Å²) in [6.07, 6.45) is 5.21. The smallest absolute Gasteiger partial charge is 0.0558 e. The van der Waals surface area contributed by atoms with E-state index in [1.54, 1.807) is 0 Å². The third-order valence-electron chi connectivity index (χ3n) is 3.23. The summed E-state index contributed by atoms with van der Waals surface area (Å²) in [5.41, 5.74) is 0. The van der Waals surface area contributed by atoms with Crippen molar-refractivity contribution in [2.24, 2.45) is 0 Å². The summed E-state index contributed by atoms with van der Waals surface area (Å²) in [4.78, 5) is 4.66. The fourth-order valence-corrected chi connectivity index (χ4v) is 2.32. The molecule has 4 nitrogen and oxygen atoms in total. The van der Waals surface area contributed by atoms with Gasteiger partial charge in [0.2, 0.25) is 0 Å². The van der Waals surface area contributed by atoms with Crippen LogP contribution in [0.2, 0.25) is 0 Å². The summed E-state index contributed by atoms with van der Waals surface area (Å²) in [7, 11) is 0. The molecule has 0 aliphatic carbocycles. The fraction of sp³-hybridized carbons (Fsp3) is 1.00. The van der Waals surface area contributed by atoms with Gasteiger partial charge in [0.15, 0.2) is 0 Å². The minimum absolute atomic E-state index is 0.184. The zero-order chi connectivity index (χ0) is 11.6. The highest BCUT2D eigenvalue weighted by Gasteiger charge is 2.10. The molecule has 1 saturated heterocycles. The van der Waals surface area contributed by atoms with E-state index in [1.807, 2.05) is 0 Å². The van der Waals surface area contributed by atoms with Gasteiger partial charge in [-0.05, 0) is 45.4 Å². The molecule has 2 N–H and O–H groups in total. The second-order valence-electron chi connectivity index (χ2n) is 4.54. The van der Waals surface area contributed by atoms with Crippen LogP contribution in [0.4, 0.5) is 0 Å². The Bertz CT molecular complexity index is 155. The Morgan fingerprint density at radius 3 is 2.06 bits per heavy atom. The van der Waals surface area contributed by atoms with Gasteiger partial charge in [-0.25, -0.2) is 0 Å². The van der Waals surface area contributed by atoms with Gasteiger partial charge >= 0.3 is 0 Å². The van der Waals surface area contributed by atoms with Gasteiger partial charge in [0.1, 0.15) is 0 Å². The Morgan fingerprint density at radius 1 is 0.875 bits per heavy atom. The van der Waals surface area contributed by atoms with Crippen molar-refractivity contribution in [2.45, 2.75) is 25.7 Å². The van der Waals surface area contributed by atoms with Gasteiger partial charge in [-0.2, -0.15) is 0 Å². The van der Waals surface area contributed by atoms with E-state index >= 15 is 0 Å². The summed E-state index contributed by atoms with van der Waals surface area (Å²) in [6.45, 7) is 6.37. The Balaban J connectivity index is 2.06. The molecule has 96 valence electrons. The van der Waals surface area contributed by atoms with Crippen molar-refractivity contribution in [3.63, 3.8) is 0 Å². The van der Waals surface area contributed by atoms with Crippen LogP contribution < -0.4 is 0 Å². The number of likely N-dealkylation sites (tertiary alicyclic amines) is 1. The first-order valence-corrected chi connectivity index (χ1v) is 6.53. The van der Waals surface area contributed by atoms with E-state index in [-0.39, 0.29) is 13.2 Å². The van der Waals surface area contributed by atoms with Crippen LogP contribution in [0.15, 0.2) is 0 Å². The van der Waals surface area contributed by atoms with Crippen LogP contribution in [0.5, 0.6) is 0 Å². The van der Waals surface area contributed by atoms with Crippen molar-refractivity contribution < 1.29 is 10.2 Å². The average Bonchev–Trinajstić information content (AvgIpc) is 2.31. The number of hydrogen-bond donors (Lipinski definition) is 2. The van der Waals surface area contributed by atoms with E-state index in [4.69, 9.17) is 10.2 Å². The van der Waals surface area contributed by atoms with Gasteiger partial charge < -0.3 is 15.1 Å². The lowest BCUT2D eigenvalue weighted by molar-refractivity contribution is 0.150. The number of rotatable bonds is 8. The number of nitrogens with zero attached hydrogens (tertiary/aromatic N) is 2. The van der Waals surface area contributed by atoms with E-state index in [2.05, 4.69) is 9.80 Å². The summed E-state index contributed by atoms with van der Waals surface area (Å²) in [6, 6.07) is 0. The van der Waals surface area contributed by atoms with E-state index in [0.717, 1.165) is 19.5 Å². The zero-order valence-corrected chi connectivity index (χ0v) is 10.3. The van der Waals surface area contributed by atoms with Crippen LogP contribution in [0.3, 0.4) is 0 Å². The number of aliphatic hydroxyl groups excluding tert-OH is 2. The quantitative estimate of drug-likeness (QED) is 0.623. The van der Waals surface area contributed by atoms with Crippen molar-refractivity contribution >= 4 is 0 Å². The molecule has 1 aliphatic rings. The molecule has 0 saturated carbocycles. The maximum atomic E-state index is 8.88. The van der Waals surface area contributed by atoms with Gasteiger partial charge in [0.25, 0.3) is 0 Å². The van der Waals surface area contributed by atoms with Crippen LogP contribution in [-0.4, -0.2) is 72.5 Å². The summed E-state index contributed by atoms with van der Waals surface area (Å²) >= 11 is 0. The molecule has 0 spiro atoms. The Hall–Kier alpha value is -0.160. The molecule has 0 radical (unpaired) electrons. The Kier molecular flexibility index (Phi) is 7.76. The molecule has 0 aromatic carbocycles. The van der Waals surface area contributed by atoms with Crippen LogP contribution in [-0.2, 0) is 0 Å². The first kappa shape index (κ1) is 13.9. The highest BCUT2D eigenvalue weighted by Crippen LogP contribution is 2.08. The maximum Gasteiger partial charge on any atom is 0.0558 e. The molecule has 1 rings (SSSR count). The van der Waals surface area contributed by atoms with E-state index in [0.29, 0.717) is 13.1 Å². The molecule has 0 bridgehead atoms. The highest BCUT2D eigenvalue weighted by atomic mass is 16.3. The van der Waals surface area contributed by atoms with E-state index < -0.39 is 0 Å². The lowest BCUT2D eigenvalue weighted by Gasteiger charge is -2.27. The van der Waals surface area contributed by atoms with Crippen molar-refractivity contribution in [2.75, 3.05) is 52.5 Å². The summed E-state index contributed by atoms with van der Waals surface area (Å²) in [5, 5.41) is 17.8. The summed E-state index contributed by atoms with van der Waals surface area (Å²) in [5.74, 6) is 0. The first-order valence-electron chi connectivity index (χ1n) is 6.53. The van der Waals surface area contributed by atoms with Crippen molar-refractivity contribution in [3.8, 4) is 0 Å². The standard InChI is InChI=1S/C12H26N2O2/c15-11-9-14(10-12-16)8-4-7-13-5-2-1-3-6-13/h15-16H,1-12H2. The minimum atomic E-state index is 0.184. The Morgan fingerprint density at radius 2 is 1.50 bits per heavy atom. The number of aliphatic hydroxyl groups is 2. The maximum absolute atomic E-state index is 8.88. The van der Waals surface area contributed by atoms with Crippen molar-refractivity contribution in [1.82, 2.24) is 9.80 Å². The molecule has 0 aromatic rings. The molecule has 1 aliphatic heterocycles. The molecular weight excluding hydrogens is 204 g/mol. The molecule has 1 heterocycles. The molecule has 1 fully saturated rings. The van der Waals surface area contributed by atoms with Crippen LogP contribution >= 0.6 is 0 Å². The van der Waals surface area contributed by atoms with Gasteiger partial charge in [-0.3, -0.25) is 4.90 Å². The number of hydrogen-bond acceptors (Lipinski definition) is 4. The van der Waals surface area contributed by atoms with Crippen LogP contribution in [0, 0.1) is 0 Å². The molecule has 0 atom stereocenters. The Labute approximate surface area is 98.9 Å². The normalized spacial score (nSPS) is 18.2. The lowest BCUT2D eigenvalue weighted by Crippen LogP contribution is -2.35. The second-order valence-corrected chi connectivity index (χ2v) is 4.54. The van der Waals surface area contributed by atoms with Crippen molar-refractivity contribution in [1.29, 1.82) is 0 Å². The van der Waals surface area contributed by atoms with Gasteiger partial charge in [-0.1, -0.05) is 6.42 Å². The van der Waals surface area contributed by atoms with Crippen molar-refractivity contribution in [3.05, 3.63) is 0 Å². The molecule has 0 unspecified atom stereocenters.